The van der Waals surface area contributed by atoms with Gasteiger partial charge in [-0.25, -0.2) is 9.97 Å². The normalized spacial score (nSPS) is 19.6. The molecule has 1 unspecified atom stereocenters. The van der Waals surface area contributed by atoms with Crippen LogP contribution in [0, 0.1) is 6.92 Å². The van der Waals surface area contributed by atoms with E-state index in [0.717, 1.165) is 31.2 Å². The van der Waals surface area contributed by atoms with Gasteiger partial charge >= 0.3 is 0 Å². The van der Waals surface area contributed by atoms with E-state index in [-0.39, 0.29) is 0 Å². The molecule has 0 saturated carbocycles. The summed E-state index contributed by atoms with van der Waals surface area (Å²) in [6, 6.07) is 2.87. The highest BCUT2D eigenvalue weighted by Gasteiger charge is 2.20. The van der Waals surface area contributed by atoms with Crippen LogP contribution in [0.5, 0.6) is 0 Å². The first-order valence-corrected chi connectivity index (χ1v) is 7.40. The van der Waals surface area contributed by atoms with E-state index in [0.29, 0.717) is 17.2 Å². The maximum atomic E-state index is 6.00. The van der Waals surface area contributed by atoms with Gasteiger partial charge in [0.1, 0.15) is 11.0 Å². The number of hydrogen-bond donors (Lipinski definition) is 1. The third-order valence-corrected chi connectivity index (χ3v) is 3.75. The molecule has 1 fully saturated rings. The van der Waals surface area contributed by atoms with Crippen molar-refractivity contribution >= 4 is 11.6 Å². The topological polar surface area (TPSA) is 41.1 Å². The van der Waals surface area contributed by atoms with Gasteiger partial charge in [0, 0.05) is 24.3 Å². The van der Waals surface area contributed by atoms with Crippen LogP contribution in [0.4, 0.5) is 0 Å². The van der Waals surface area contributed by atoms with Gasteiger partial charge in [-0.2, -0.15) is 0 Å². The Morgan fingerprint density at radius 2 is 2.26 bits per heavy atom. The van der Waals surface area contributed by atoms with E-state index in [1.165, 1.54) is 12.8 Å². The van der Waals surface area contributed by atoms with Crippen LogP contribution in [0.15, 0.2) is 6.07 Å². The lowest BCUT2D eigenvalue weighted by Crippen LogP contribution is -2.41. The summed E-state index contributed by atoms with van der Waals surface area (Å²) in [5, 5.41) is 4.07. The predicted molar refractivity (Wildman–Crippen MR) is 78.3 cm³/mol. The summed E-state index contributed by atoms with van der Waals surface area (Å²) in [4.78, 5) is 11.2. The van der Waals surface area contributed by atoms with E-state index < -0.39 is 0 Å². The van der Waals surface area contributed by atoms with Gasteiger partial charge in [0.05, 0.1) is 6.54 Å². The first-order chi connectivity index (χ1) is 9.04. The van der Waals surface area contributed by atoms with Crippen molar-refractivity contribution in [1.82, 2.24) is 20.2 Å². The van der Waals surface area contributed by atoms with E-state index in [1.807, 2.05) is 6.92 Å². The highest BCUT2D eigenvalue weighted by Crippen LogP contribution is 2.13. The predicted octanol–water partition coefficient (Wildman–Crippen LogP) is 2.40. The van der Waals surface area contributed by atoms with Crippen LogP contribution in [0.2, 0.25) is 5.15 Å². The van der Waals surface area contributed by atoms with Crippen LogP contribution in [0.1, 0.15) is 38.2 Å². The van der Waals surface area contributed by atoms with Gasteiger partial charge < -0.3 is 5.32 Å². The Morgan fingerprint density at radius 3 is 2.84 bits per heavy atom. The molecule has 1 atom stereocenters. The van der Waals surface area contributed by atoms with Crippen LogP contribution in [0.3, 0.4) is 0 Å². The largest absolute Gasteiger partial charge is 0.313 e. The number of aromatic nitrogens is 2. The fourth-order valence-electron chi connectivity index (χ4n) is 2.49. The second-order valence-electron chi connectivity index (χ2n) is 5.56. The number of halogens is 1. The fourth-order valence-corrected chi connectivity index (χ4v) is 2.75. The van der Waals surface area contributed by atoms with Crippen molar-refractivity contribution in [3.63, 3.8) is 0 Å². The Hall–Kier alpha value is -0.710. The summed E-state index contributed by atoms with van der Waals surface area (Å²) in [5.74, 6) is 0.816. The molecule has 1 aromatic rings. The zero-order valence-corrected chi connectivity index (χ0v) is 12.7. The summed E-state index contributed by atoms with van der Waals surface area (Å²) in [5.41, 5.74) is 0.928. The van der Waals surface area contributed by atoms with Gasteiger partial charge in [0.25, 0.3) is 0 Å². The van der Waals surface area contributed by atoms with Crippen molar-refractivity contribution in [3.05, 3.63) is 22.7 Å². The third-order valence-electron chi connectivity index (χ3n) is 3.56. The Bertz CT molecular complexity index is 396. The molecule has 5 heteroatoms. The summed E-state index contributed by atoms with van der Waals surface area (Å²) in [6.07, 6.45) is 2.54. The highest BCUT2D eigenvalue weighted by molar-refractivity contribution is 6.29. The molecule has 19 heavy (non-hydrogen) atoms. The number of hydrogen-bond acceptors (Lipinski definition) is 4. The monoisotopic (exact) mass is 282 g/mol. The van der Waals surface area contributed by atoms with Gasteiger partial charge in [-0.05, 0) is 46.2 Å². The van der Waals surface area contributed by atoms with Crippen molar-refractivity contribution in [2.45, 2.75) is 52.2 Å². The molecule has 0 radical (unpaired) electrons. The Kier molecular flexibility index (Phi) is 5.13. The summed E-state index contributed by atoms with van der Waals surface area (Å²) in [7, 11) is 0. The van der Waals surface area contributed by atoms with Crippen LogP contribution < -0.4 is 5.32 Å². The maximum absolute atomic E-state index is 6.00. The molecule has 1 aromatic heterocycles. The molecule has 0 aromatic carbocycles. The van der Waals surface area contributed by atoms with Crippen LogP contribution in [-0.4, -0.2) is 40.0 Å². The lowest BCUT2D eigenvalue weighted by atomic mass is 10.2. The number of nitrogens with zero attached hydrogens (tertiary/aromatic N) is 3. The third kappa shape index (κ3) is 4.41. The van der Waals surface area contributed by atoms with E-state index >= 15 is 0 Å². The van der Waals surface area contributed by atoms with Crippen LogP contribution in [-0.2, 0) is 6.54 Å². The minimum atomic E-state index is 0.477. The Morgan fingerprint density at radius 1 is 1.47 bits per heavy atom. The summed E-state index contributed by atoms with van der Waals surface area (Å²) in [6.45, 7) is 9.33. The first-order valence-electron chi connectivity index (χ1n) is 7.02. The number of rotatable bonds is 5. The molecule has 0 bridgehead atoms. The molecule has 1 saturated heterocycles. The number of nitrogens with one attached hydrogen (secondary N) is 1. The smallest absolute Gasteiger partial charge is 0.144 e. The lowest BCUT2D eigenvalue weighted by molar-refractivity contribution is 0.189. The molecule has 0 amide bonds. The zero-order chi connectivity index (χ0) is 13.8. The van der Waals surface area contributed by atoms with Crippen molar-refractivity contribution in [1.29, 1.82) is 0 Å². The van der Waals surface area contributed by atoms with Crippen molar-refractivity contribution in [2.75, 3.05) is 13.1 Å². The quantitative estimate of drug-likeness (QED) is 0.842. The molecule has 0 spiro atoms. The minimum Gasteiger partial charge on any atom is -0.313 e. The Labute approximate surface area is 120 Å². The molecule has 0 aliphatic carbocycles. The SMILES string of the molecule is Cc1cc(Cl)nc(CN(CC2CCCN2)C(C)C)n1. The summed E-state index contributed by atoms with van der Waals surface area (Å²) >= 11 is 6.00. The average Bonchev–Trinajstić information content (AvgIpc) is 2.79. The van der Waals surface area contributed by atoms with Crippen LogP contribution >= 0.6 is 11.6 Å². The molecular formula is C14H23ClN4. The first kappa shape index (κ1) is 14.7. The second-order valence-corrected chi connectivity index (χ2v) is 5.95. The maximum Gasteiger partial charge on any atom is 0.144 e. The Balaban J connectivity index is 2.02. The van der Waals surface area contributed by atoms with E-state index in [4.69, 9.17) is 11.6 Å². The highest BCUT2D eigenvalue weighted by atomic mass is 35.5. The molecule has 1 aliphatic heterocycles. The fraction of sp³-hybridized carbons (Fsp3) is 0.714. The standard InChI is InChI=1S/C14H23ClN4/c1-10(2)19(8-12-5-4-6-16-12)9-14-17-11(3)7-13(15)18-14/h7,10,12,16H,4-6,8-9H2,1-3H3. The van der Waals surface area contributed by atoms with Gasteiger partial charge in [-0.3, -0.25) is 4.90 Å². The zero-order valence-electron chi connectivity index (χ0n) is 12.0. The minimum absolute atomic E-state index is 0.477. The van der Waals surface area contributed by atoms with E-state index in [1.54, 1.807) is 6.07 Å². The van der Waals surface area contributed by atoms with Crippen molar-refractivity contribution < 1.29 is 0 Å². The molecule has 1 aliphatic rings. The average molecular weight is 283 g/mol. The molecule has 106 valence electrons. The van der Waals surface area contributed by atoms with Gasteiger partial charge in [0.2, 0.25) is 0 Å². The molecule has 4 nitrogen and oxygen atoms in total. The lowest BCUT2D eigenvalue weighted by Gasteiger charge is -2.28. The van der Waals surface area contributed by atoms with E-state index in [9.17, 15) is 0 Å². The van der Waals surface area contributed by atoms with Crippen molar-refractivity contribution in [2.24, 2.45) is 0 Å². The van der Waals surface area contributed by atoms with Crippen LogP contribution in [0.25, 0.3) is 0 Å². The second kappa shape index (κ2) is 6.64. The molecule has 2 rings (SSSR count). The van der Waals surface area contributed by atoms with E-state index in [2.05, 4.69) is 34.0 Å². The van der Waals surface area contributed by atoms with Gasteiger partial charge in [-0.1, -0.05) is 11.6 Å². The number of aryl methyl sites for hydroxylation is 1. The molecular weight excluding hydrogens is 260 g/mol. The molecule has 2 heterocycles. The summed E-state index contributed by atoms with van der Waals surface area (Å²) < 4.78 is 0. The van der Waals surface area contributed by atoms with Gasteiger partial charge in [-0.15, -0.1) is 0 Å². The molecule has 1 N–H and O–H groups in total. The van der Waals surface area contributed by atoms with Gasteiger partial charge in [0.15, 0.2) is 0 Å². The van der Waals surface area contributed by atoms with Crippen molar-refractivity contribution in [3.8, 4) is 0 Å².